The molecule has 118 valence electrons. The molecule has 1 aliphatic heterocycles. The highest BCUT2D eigenvalue weighted by molar-refractivity contribution is 5.19. The summed E-state index contributed by atoms with van der Waals surface area (Å²) in [6.45, 7) is 6.74. The number of aromatic nitrogens is 1. The molecular weight excluding hydrogens is 276 g/mol. The SMILES string of the molecule is Cc1cc(C[C@@H]2COC[C@H]2NCC(C)c2ccccc2)on1. The molecule has 0 radical (unpaired) electrons. The zero-order chi connectivity index (χ0) is 15.4. The minimum atomic E-state index is 0.386. The van der Waals surface area contributed by atoms with Gasteiger partial charge in [0.1, 0.15) is 5.76 Å². The van der Waals surface area contributed by atoms with E-state index in [1.807, 2.05) is 13.0 Å². The van der Waals surface area contributed by atoms with Crippen molar-refractivity contribution in [2.75, 3.05) is 19.8 Å². The number of nitrogens with one attached hydrogen (secondary N) is 1. The Morgan fingerprint density at radius 1 is 1.27 bits per heavy atom. The van der Waals surface area contributed by atoms with Gasteiger partial charge < -0.3 is 14.6 Å². The standard InChI is InChI=1S/C18H24N2O2/c1-13(15-6-4-3-5-7-15)10-19-18-12-21-11-16(18)9-17-8-14(2)20-22-17/h3-8,13,16,18-19H,9-12H2,1-2H3/t13?,16-,18-/m1/s1. The number of hydrogen-bond acceptors (Lipinski definition) is 4. The van der Waals surface area contributed by atoms with E-state index in [0.29, 0.717) is 17.9 Å². The topological polar surface area (TPSA) is 47.3 Å². The molecule has 2 heterocycles. The van der Waals surface area contributed by atoms with E-state index in [-0.39, 0.29) is 0 Å². The highest BCUT2D eigenvalue weighted by Gasteiger charge is 2.29. The van der Waals surface area contributed by atoms with Crippen molar-refractivity contribution in [2.45, 2.75) is 32.2 Å². The number of benzene rings is 1. The maximum absolute atomic E-state index is 5.66. The Hall–Kier alpha value is -1.65. The van der Waals surface area contributed by atoms with Gasteiger partial charge in [0.25, 0.3) is 0 Å². The van der Waals surface area contributed by atoms with Crippen LogP contribution in [0.5, 0.6) is 0 Å². The molecule has 4 heteroatoms. The van der Waals surface area contributed by atoms with Crippen molar-refractivity contribution in [1.29, 1.82) is 0 Å². The van der Waals surface area contributed by atoms with Crippen molar-refractivity contribution in [3.63, 3.8) is 0 Å². The summed E-state index contributed by atoms with van der Waals surface area (Å²) in [6, 6.07) is 13.0. The molecule has 2 aromatic rings. The monoisotopic (exact) mass is 300 g/mol. The molecule has 22 heavy (non-hydrogen) atoms. The van der Waals surface area contributed by atoms with Crippen LogP contribution in [0.25, 0.3) is 0 Å². The lowest BCUT2D eigenvalue weighted by Gasteiger charge is -2.21. The van der Waals surface area contributed by atoms with Crippen LogP contribution in [-0.2, 0) is 11.2 Å². The normalized spacial score (nSPS) is 22.8. The second-order valence-electron chi connectivity index (χ2n) is 6.26. The zero-order valence-electron chi connectivity index (χ0n) is 13.3. The van der Waals surface area contributed by atoms with Crippen LogP contribution in [0.2, 0.25) is 0 Å². The van der Waals surface area contributed by atoms with E-state index in [4.69, 9.17) is 9.26 Å². The molecule has 0 bridgehead atoms. The van der Waals surface area contributed by atoms with Crippen LogP contribution in [0.4, 0.5) is 0 Å². The van der Waals surface area contributed by atoms with Gasteiger partial charge in [0.05, 0.1) is 18.9 Å². The van der Waals surface area contributed by atoms with Crippen LogP contribution < -0.4 is 5.32 Å². The summed E-state index contributed by atoms with van der Waals surface area (Å²) in [5.74, 6) is 1.90. The third kappa shape index (κ3) is 3.76. The number of ether oxygens (including phenoxy) is 1. The van der Waals surface area contributed by atoms with E-state index in [2.05, 4.69) is 47.7 Å². The summed E-state index contributed by atoms with van der Waals surface area (Å²) in [4.78, 5) is 0. The van der Waals surface area contributed by atoms with Crippen LogP contribution >= 0.6 is 0 Å². The minimum absolute atomic E-state index is 0.386. The summed E-state index contributed by atoms with van der Waals surface area (Å²) in [5, 5.41) is 7.63. The molecule has 0 amide bonds. The van der Waals surface area contributed by atoms with Gasteiger partial charge in [-0.1, -0.05) is 42.4 Å². The van der Waals surface area contributed by atoms with Crippen molar-refractivity contribution in [3.8, 4) is 0 Å². The highest BCUT2D eigenvalue weighted by Crippen LogP contribution is 2.21. The van der Waals surface area contributed by atoms with Gasteiger partial charge in [0.2, 0.25) is 0 Å². The molecule has 3 rings (SSSR count). The smallest absolute Gasteiger partial charge is 0.137 e. The molecule has 0 aliphatic carbocycles. The predicted molar refractivity (Wildman–Crippen MR) is 85.9 cm³/mol. The molecular formula is C18H24N2O2. The van der Waals surface area contributed by atoms with Crippen molar-refractivity contribution in [2.24, 2.45) is 5.92 Å². The Labute approximate surface area is 131 Å². The lowest BCUT2D eigenvalue weighted by Crippen LogP contribution is -2.38. The second kappa shape index (κ2) is 7.07. The first kappa shape index (κ1) is 15.3. The van der Waals surface area contributed by atoms with Crippen molar-refractivity contribution in [1.82, 2.24) is 10.5 Å². The highest BCUT2D eigenvalue weighted by atomic mass is 16.5. The third-order valence-electron chi connectivity index (χ3n) is 4.39. The lowest BCUT2D eigenvalue weighted by molar-refractivity contribution is 0.181. The Morgan fingerprint density at radius 3 is 2.82 bits per heavy atom. The largest absolute Gasteiger partial charge is 0.379 e. The first-order chi connectivity index (χ1) is 10.7. The molecule has 1 aromatic carbocycles. The van der Waals surface area contributed by atoms with E-state index in [9.17, 15) is 0 Å². The minimum Gasteiger partial charge on any atom is -0.379 e. The average Bonchev–Trinajstić information content (AvgIpc) is 3.15. The van der Waals surface area contributed by atoms with Crippen LogP contribution in [-0.4, -0.2) is 31.0 Å². The maximum Gasteiger partial charge on any atom is 0.137 e. The Bertz CT molecular complexity index is 582. The third-order valence-corrected chi connectivity index (χ3v) is 4.39. The average molecular weight is 300 g/mol. The summed E-state index contributed by atoms with van der Waals surface area (Å²) in [7, 11) is 0. The Morgan fingerprint density at radius 2 is 2.09 bits per heavy atom. The molecule has 1 saturated heterocycles. The van der Waals surface area contributed by atoms with Gasteiger partial charge >= 0.3 is 0 Å². The van der Waals surface area contributed by atoms with E-state index < -0.39 is 0 Å². The summed E-state index contributed by atoms with van der Waals surface area (Å²) < 4.78 is 11.0. The summed E-state index contributed by atoms with van der Waals surface area (Å²) in [5.41, 5.74) is 2.31. The van der Waals surface area contributed by atoms with Crippen molar-refractivity contribution in [3.05, 3.63) is 53.4 Å². The fraction of sp³-hybridized carbons (Fsp3) is 0.500. The summed E-state index contributed by atoms with van der Waals surface area (Å²) >= 11 is 0. The molecule has 3 atom stereocenters. The lowest BCUT2D eigenvalue weighted by atomic mass is 9.96. The zero-order valence-corrected chi connectivity index (χ0v) is 13.3. The van der Waals surface area contributed by atoms with Gasteiger partial charge in [-0.15, -0.1) is 0 Å². The Balaban J connectivity index is 1.53. The van der Waals surface area contributed by atoms with Gasteiger partial charge in [-0.3, -0.25) is 0 Å². The summed E-state index contributed by atoms with van der Waals surface area (Å²) in [6.07, 6.45) is 0.887. The maximum atomic E-state index is 5.66. The van der Waals surface area contributed by atoms with Crippen molar-refractivity contribution < 1.29 is 9.26 Å². The first-order valence-corrected chi connectivity index (χ1v) is 8.00. The van der Waals surface area contributed by atoms with Gasteiger partial charge in [0, 0.05) is 31.0 Å². The quantitative estimate of drug-likeness (QED) is 0.891. The number of aryl methyl sites for hydroxylation is 1. The molecule has 1 aromatic heterocycles. The fourth-order valence-electron chi connectivity index (χ4n) is 3.02. The molecule has 4 nitrogen and oxygen atoms in total. The van der Waals surface area contributed by atoms with E-state index in [1.54, 1.807) is 0 Å². The molecule has 1 N–H and O–H groups in total. The predicted octanol–water partition coefficient (Wildman–Crippen LogP) is 2.93. The van der Waals surface area contributed by atoms with E-state index in [1.165, 1.54) is 5.56 Å². The molecule has 1 unspecified atom stereocenters. The second-order valence-corrected chi connectivity index (χ2v) is 6.26. The number of nitrogens with zero attached hydrogens (tertiary/aromatic N) is 1. The van der Waals surface area contributed by atoms with Crippen LogP contribution in [0.15, 0.2) is 40.9 Å². The van der Waals surface area contributed by atoms with Crippen molar-refractivity contribution >= 4 is 0 Å². The first-order valence-electron chi connectivity index (χ1n) is 8.00. The molecule has 1 fully saturated rings. The van der Waals surface area contributed by atoms with Crippen LogP contribution in [0.3, 0.4) is 0 Å². The van der Waals surface area contributed by atoms with Gasteiger partial charge in [-0.2, -0.15) is 0 Å². The number of rotatable bonds is 6. The van der Waals surface area contributed by atoms with E-state index in [0.717, 1.165) is 37.6 Å². The molecule has 0 saturated carbocycles. The number of hydrogen-bond donors (Lipinski definition) is 1. The van der Waals surface area contributed by atoms with E-state index >= 15 is 0 Å². The van der Waals surface area contributed by atoms with Gasteiger partial charge in [-0.25, -0.2) is 0 Å². The molecule has 1 aliphatic rings. The van der Waals surface area contributed by atoms with Crippen LogP contribution in [0.1, 0.15) is 29.9 Å². The van der Waals surface area contributed by atoms with Gasteiger partial charge in [0.15, 0.2) is 0 Å². The molecule has 0 spiro atoms. The van der Waals surface area contributed by atoms with Gasteiger partial charge in [-0.05, 0) is 18.4 Å². The fourth-order valence-corrected chi connectivity index (χ4v) is 3.02. The van der Waals surface area contributed by atoms with Crippen LogP contribution in [0, 0.1) is 12.8 Å². The Kier molecular flexibility index (Phi) is 4.90.